The van der Waals surface area contributed by atoms with Gasteiger partial charge in [-0.2, -0.15) is 0 Å². The van der Waals surface area contributed by atoms with Crippen LogP contribution in [0.2, 0.25) is 0 Å². The quantitative estimate of drug-likeness (QED) is 0.404. The van der Waals surface area contributed by atoms with Crippen LogP contribution in [0, 0.1) is 0 Å². The smallest absolute Gasteiger partial charge is 0.211 e. The molecule has 0 aliphatic carbocycles. The highest BCUT2D eigenvalue weighted by Gasteiger charge is 2.08. The van der Waals surface area contributed by atoms with Gasteiger partial charge in [0, 0.05) is 26.0 Å². The molecular formula is C9H13N3O. The maximum atomic E-state index is 11.4. The van der Waals surface area contributed by atoms with Crippen LogP contribution < -0.4 is 5.32 Å². The summed E-state index contributed by atoms with van der Waals surface area (Å²) in [6.07, 6.45) is 5.08. The van der Waals surface area contributed by atoms with E-state index in [9.17, 15) is 4.79 Å². The zero-order valence-electron chi connectivity index (χ0n) is 7.66. The average Bonchev–Trinajstić information content (AvgIpc) is 2.52. The van der Waals surface area contributed by atoms with Crippen LogP contribution in [-0.4, -0.2) is 28.4 Å². The van der Waals surface area contributed by atoms with Crippen LogP contribution in [-0.2, 0) is 7.05 Å². The van der Waals surface area contributed by atoms with E-state index >= 15 is 0 Å². The zero-order valence-corrected chi connectivity index (χ0v) is 7.66. The molecule has 1 rings (SSSR count). The Morgan fingerprint density at radius 3 is 3.15 bits per heavy atom. The van der Waals surface area contributed by atoms with Crippen molar-refractivity contribution in [1.29, 1.82) is 0 Å². The third-order valence-electron chi connectivity index (χ3n) is 1.64. The van der Waals surface area contributed by atoms with Crippen LogP contribution in [0.25, 0.3) is 0 Å². The maximum absolute atomic E-state index is 11.4. The topological polar surface area (TPSA) is 46.9 Å². The van der Waals surface area contributed by atoms with E-state index in [-0.39, 0.29) is 5.78 Å². The molecule has 0 unspecified atom stereocenters. The van der Waals surface area contributed by atoms with Gasteiger partial charge in [0.1, 0.15) is 0 Å². The fraction of sp³-hybridized carbons (Fsp3) is 0.333. The van der Waals surface area contributed by atoms with Gasteiger partial charge in [0.05, 0.1) is 6.54 Å². The third-order valence-corrected chi connectivity index (χ3v) is 1.64. The molecule has 0 aliphatic rings. The minimum atomic E-state index is -0.00523. The lowest BCUT2D eigenvalue weighted by molar-refractivity contribution is 0.0979. The van der Waals surface area contributed by atoms with Gasteiger partial charge >= 0.3 is 0 Å². The van der Waals surface area contributed by atoms with Crippen molar-refractivity contribution in [2.75, 3.05) is 13.1 Å². The number of imidazole rings is 1. The fourth-order valence-corrected chi connectivity index (χ4v) is 1.00. The SMILES string of the molecule is C=CCNCC(=O)c1nccn1C. The number of carbonyl (C=O) groups excluding carboxylic acids is 1. The van der Waals surface area contributed by atoms with Crippen LogP contribution in [0.3, 0.4) is 0 Å². The van der Waals surface area contributed by atoms with Crippen molar-refractivity contribution in [2.45, 2.75) is 0 Å². The second-order valence-corrected chi connectivity index (χ2v) is 2.70. The highest BCUT2D eigenvalue weighted by Crippen LogP contribution is 1.94. The van der Waals surface area contributed by atoms with E-state index in [2.05, 4.69) is 16.9 Å². The molecule has 1 N–H and O–H groups in total. The van der Waals surface area contributed by atoms with Gasteiger partial charge < -0.3 is 9.88 Å². The molecule has 0 aliphatic heterocycles. The molecule has 0 atom stereocenters. The summed E-state index contributed by atoms with van der Waals surface area (Å²) in [6, 6.07) is 0. The van der Waals surface area contributed by atoms with Gasteiger partial charge in [0.15, 0.2) is 5.82 Å². The van der Waals surface area contributed by atoms with E-state index in [1.54, 1.807) is 30.1 Å². The van der Waals surface area contributed by atoms with Crippen molar-refractivity contribution < 1.29 is 4.79 Å². The number of ketones is 1. The normalized spacial score (nSPS) is 9.92. The summed E-state index contributed by atoms with van der Waals surface area (Å²) in [5.74, 6) is 0.478. The van der Waals surface area contributed by atoms with Gasteiger partial charge in [0.2, 0.25) is 5.78 Å². The minimum absolute atomic E-state index is 0.00523. The molecule has 0 bridgehead atoms. The van der Waals surface area contributed by atoms with E-state index in [1.165, 1.54) is 0 Å². The molecule has 0 fully saturated rings. The predicted molar refractivity (Wildman–Crippen MR) is 50.6 cm³/mol. The number of aryl methyl sites for hydroxylation is 1. The fourth-order valence-electron chi connectivity index (χ4n) is 1.00. The van der Waals surface area contributed by atoms with Gasteiger partial charge in [-0.05, 0) is 0 Å². The summed E-state index contributed by atoms with van der Waals surface area (Å²) in [5.41, 5.74) is 0. The first-order chi connectivity index (χ1) is 6.25. The van der Waals surface area contributed by atoms with Crippen molar-refractivity contribution in [3.63, 3.8) is 0 Å². The second-order valence-electron chi connectivity index (χ2n) is 2.70. The number of hydrogen-bond donors (Lipinski definition) is 1. The van der Waals surface area contributed by atoms with Gasteiger partial charge in [-0.1, -0.05) is 6.08 Å². The average molecular weight is 179 g/mol. The molecule has 0 amide bonds. The van der Waals surface area contributed by atoms with Crippen LogP contribution in [0.1, 0.15) is 10.6 Å². The lowest BCUT2D eigenvalue weighted by Gasteiger charge is -2.00. The van der Waals surface area contributed by atoms with Crippen molar-refractivity contribution in [1.82, 2.24) is 14.9 Å². The number of Topliss-reactive ketones (excluding diaryl/α,β-unsaturated/α-hetero) is 1. The van der Waals surface area contributed by atoms with Crippen molar-refractivity contribution in [3.05, 3.63) is 30.9 Å². The highest BCUT2D eigenvalue weighted by molar-refractivity contribution is 5.94. The number of rotatable bonds is 5. The lowest BCUT2D eigenvalue weighted by atomic mass is 10.3. The summed E-state index contributed by atoms with van der Waals surface area (Å²) in [5, 5.41) is 2.93. The van der Waals surface area contributed by atoms with Gasteiger partial charge in [-0.3, -0.25) is 4.79 Å². The van der Waals surface area contributed by atoms with Gasteiger partial charge in [-0.25, -0.2) is 4.98 Å². The first kappa shape index (κ1) is 9.67. The number of hydrogen-bond acceptors (Lipinski definition) is 3. The van der Waals surface area contributed by atoms with E-state index in [0.717, 1.165) is 0 Å². The zero-order chi connectivity index (χ0) is 9.68. The summed E-state index contributed by atoms with van der Waals surface area (Å²) in [6.45, 7) is 4.48. The number of carbonyl (C=O) groups is 1. The van der Waals surface area contributed by atoms with Crippen molar-refractivity contribution >= 4 is 5.78 Å². The number of nitrogens with zero attached hydrogens (tertiary/aromatic N) is 2. The van der Waals surface area contributed by atoms with Gasteiger partial charge in [-0.15, -0.1) is 6.58 Å². The van der Waals surface area contributed by atoms with Crippen molar-refractivity contribution in [2.24, 2.45) is 7.05 Å². The Morgan fingerprint density at radius 2 is 2.62 bits per heavy atom. The van der Waals surface area contributed by atoms with Crippen LogP contribution in [0.4, 0.5) is 0 Å². The Balaban J connectivity index is 2.49. The van der Waals surface area contributed by atoms with Crippen molar-refractivity contribution in [3.8, 4) is 0 Å². The van der Waals surface area contributed by atoms with Gasteiger partial charge in [0.25, 0.3) is 0 Å². The molecule has 0 aromatic carbocycles. The largest absolute Gasteiger partial charge is 0.332 e. The first-order valence-electron chi connectivity index (χ1n) is 4.08. The molecule has 1 aromatic heterocycles. The van der Waals surface area contributed by atoms with E-state index in [4.69, 9.17) is 0 Å². The Bertz CT molecular complexity index is 304. The Labute approximate surface area is 77.3 Å². The molecule has 13 heavy (non-hydrogen) atoms. The van der Waals surface area contributed by atoms with E-state index in [1.807, 2.05) is 0 Å². The van der Waals surface area contributed by atoms with Crippen LogP contribution in [0.15, 0.2) is 25.0 Å². The summed E-state index contributed by atoms with van der Waals surface area (Å²) < 4.78 is 1.71. The standard InChI is InChI=1S/C9H13N3O/c1-3-4-10-7-8(13)9-11-5-6-12(9)2/h3,5-6,10H,1,4,7H2,2H3. The van der Waals surface area contributed by atoms with E-state index in [0.29, 0.717) is 18.9 Å². The summed E-state index contributed by atoms with van der Waals surface area (Å²) in [7, 11) is 1.80. The molecule has 1 heterocycles. The predicted octanol–water partition coefficient (Wildman–Crippen LogP) is 0.378. The molecule has 0 saturated carbocycles. The first-order valence-corrected chi connectivity index (χ1v) is 4.08. The highest BCUT2D eigenvalue weighted by atomic mass is 16.1. The molecule has 4 nitrogen and oxygen atoms in total. The molecule has 0 radical (unpaired) electrons. The number of nitrogens with one attached hydrogen (secondary N) is 1. The number of aromatic nitrogens is 2. The summed E-state index contributed by atoms with van der Waals surface area (Å²) in [4.78, 5) is 15.4. The third kappa shape index (κ3) is 2.52. The second kappa shape index (κ2) is 4.57. The summed E-state index contributed by atoms with van der Waals surface area (Å²) >= 11 is 0. The minimum Gasteiger partial charge on any atom is -0.332 e. The molecule has 1 aromatic rings. The molecule has 4 heteroatoms. The maximum Gasteiger partial charge on any atom is 0.211 e. The Hall–Kier alpha value is -1.42. The van der Waals surface area contributed by atoms with E-state index < -0.39 is 0 Å². The van der Waals surface area contributed by atoms with Crippen LogP contribution in [0.5, 0.6) is 0 Å². The molecule has 0 spiro atoms. The lowest BCUT2D eigenvalue weighted by Crippen LogP contribution is -2.24. The Kier molecular flexibility index (Phi) is 3.40. The molecule has 0 saturated heterocycles. The van der Waals surface area contributed by atoms with Crippen LogP contribution >= 0.6 is 0 Å². The molecule has 70 valence electrons. The Morgan fingerprint density at radius 1 is 1.85 bits per heavy atom. The molecular weight excluding hydrogens is 166 g/mol. The monoisotopic (exact) mass is 179 g/mol.